The van der Waals surface area contributed by atoms with Crippen LogP contribution >= 0.6 is 0 Å². The molecule has 0 saturated heterocycles. The van der Waals surface area contributed by atoms with Crippen molar-refractivity contribution in [3.05, 3.63) is 23.8 Å². The maximum absolute atomic E-state index is 5.34. The van der Waals surface area contributed by atoms with Gasteiger partial charge in [-0.05, 0) is 61.9 Å². The summed E-state index contributed by atoms with van der Waals surface area (Å²) in [6.07, 6.45) is 6.63. The normalized spacial score (nSPS) is 22.0. The van der Waals surface area contributed by atoms with Gasteiger partial charge in [-0.1, -0.05) is 25.8 Å². The summed E-state index contributed by atoms with van der Waals surface area (Å²) in [7, 11) is 3.36. The summed E-state index contributed by atoms with van der Waals surface area (Å²) in [5.41, 5.74) is 1.29. The number of methoxy groups -OCH3 is 2. The van der Waals surface area contributed by atoms with Crippen molar-refractivity contribution in [1.82, 2.24) is 5.32 Å². The highest BCUT2D eigenvalue weighted by Gasteiger charge is 2.17. The Bertz CT molecular complexity index is 425. The van der Waals surface area contributed by atoms with E-state index in [-0.39, 0.29) is 0 Å². The van der Waals surface area contributed by atoms with Crippen LogP contribution in [0.15, 0.2) is 18.2 Å². The van der Waals surface area contributed by atoms with E-state index in [1.54, 1.807) is 14.2 Å². The van der Waals surface area contributed by atoms with Gasteiger partial charge in [0.05, 0.1) is 14.2 Å². The van der Waals surface area contributed by atoms with Gasteiger partial charge in [-0.2, -0.15) is 0 Å². The molecule has 0 spiro atoms. The average molecular weight is 291 g/mol. The van der Waals surface area contributed by atoms with Crippen LogP contribution in [0.2, 0.25) is 0 Å². The number of hydrogen-bond donors (Lipinski definition) is 1. The van der Waals surface area contributed by atoms with Crippen LogP contribution in [0, 0.1) is 11.8 Å². The van der Waals surface area contributed by atoms with Crippen LogP contribution in [-0.4, -0.2) is 27.3 Å². The van der Waals surface area contributed by atoms with E-state index in [0.29, 0.717) is 0 Å². The molecule has 1 aliphatic rings. The van der Waals surface area contributed by atoms with Crippen LogP contribution in [0.4, 0.5) is 0 Å². The Kier molecular flexibility index (Phi) is 6.37. The van der Waals surface area contributed by atoms with E-state index < -0.39 is 0 Å². The number of rotatable bonds is 7. The van der Waals surface area contributed by atoms with Crippen LogP contribution in [0.1, 0.15) is 38.2 Å². The summed E-state index contributed by atoms with van der Waals surface area (Å²) in [4.78, 5) is 0. The third-order valence-corrected chi connectivity index (χ3v) is 4.61. The molecule has 0 unspecified atom stereocenters. The van der Waals surface area contributed by atoms with Crippen molar-refractivity contribution in [3.63, 3.8) is 0 Å². The summed E-state index contributed by atoms with van der Waals surface area (Å²) in [5, 5.41) is 3.61. The molecule has 1 aromatic carbocycles. The SMILES string of the molecule is COc1ccc(CCNCC2CCC(C)CC2)cc1OC. The van der Waals surface area contributed by atoms with Gasteiger partial charge in [0, 0.05) is 0 Å². The highest BCUT2D eigenvalue weighted by atomic mass is 16.5. The fraction of sp³-hybridized carbons (Fsp3) is 0.667. The Morgan fingerprint density at radius 1 is 1.05 bits per heavy atom. The first-order valence-corrected chi connectivity index (χ1v) is 8.14. The predicted octanol–water partition coefficient (Wildman–Crippen LogP) is 3.66. The maximum atomic E-state index is 5.34. The van der Waals surface area contributed by atoms with E-state index in [2.05, 4.69) is 24.4 Å². The molecular formula is C18H29NO2. The monoisotopic (exact) mass is 291 g/mol. The molecule has 1 N–H and O–H groups in total. The van der Waals surface area contributed by atoms with Crippen LogP contribution in [0.3, 0.4) is 0 Å². The quantitative estimate of drug-likeness (QED) is 0.778. The van der Waals surface area contributed by atoms with Crippen molar-refractivity contribution in [2.24, 2.45) is 11.8 Å². The first-order chi connectivity index (χ1) is 10.2. The molecular weight excluding hydrogens is 262 g/mol. The lowest BCUT2D eigenvalue weighted by Crippen LogP contribution is -2.27. The fourth-order valence-electron chi connectivity index (χ4n) is 3.11. The van der Waals surface area contributed by atoms with E-state index in [1.807, 2.05) is 6.07 Å². The number of benzene rings is 1. The Hall–Kier alpha value is -1.22. The third-order valence-electron chi connectivity index (χ3n) is 4.61. The molecule has 3 heteroatoms. The lowest BCUT2D eigenvalue weighted by molar-refractivity contribution is 0.282. The average Bonchev–Trinajstić information content (AvgIpc) is 2.53. The zero-order valence-electron chi connectivity index (χ0n) is 13.7. The molecule has 1 aliphatic carbocycles. The molecule has 0 aliphatic heterocycles. The van der Waals surface area contributed by atoms with Crippen molar-refractivity contribution in [1.29, 1.82) is 0 Å². The third kappa shape index (κ3) is 4.92. The molecule has 21 heavy (non-hydrogen) atoms. The van der Waals surface area contributed by atoms with E-state index >= 15 is 0 Å². The number of hydrogen-bond acceptors (Lipinski definition) is 3. The Morgan fingerprint density at radius 3 is 2.43 bits per heavy atom. The Morgan fingerprint density at radius 2 is 1.76 bits per heavy atom. The minimum Gasteiger partial charge on any atom is -0.493 e. The molecule has 2 rings (SSSR count). The molecule has 118 valence electrons. The van der Waals surface area contributed by atoms with Crippen molar-refractivity contribution < 1.29 is 9.47 Å². The van der Waals surface area contributed by atoms with Gasteiger partial charge in [0.2, 0.25) is 0 Å². The van der Waals surface area contributed by atoms with E-state index in [4.69, 9.17) is 9.47 Å². The zero-order chi connectivity index (χ0) is 15.1. The summed E-state index contributed by atoms with van der Waals surface area (Å²) in [5.74, 6) is 3.43. The summed E-state index contributed by atoms with van der Waals surface area (Å²) < 4.78 is 10.6. The topological polar surface area (TPSA) is 30.5 Å². The zero-order valence-corrected chi connectivity index (χ0v) is 13.7. The molecule has 1 saturated carbocycles. The van der Waals surface area contributed by atoms with Crippen molar-refractivity contribution in [2.45, 2.75) is 39.0 Å². The predicted molar refractivity (Wildman–Crippen MR) is 87.2 cm³/mol. The lowest BCUT2D eigenvalue weighted by Gasteiger charge is -2.26. The lowest BCUT2D eigenvalue weighted by atomic mass is 9.83. The summed E-state index contributed by atoms with van der Waals surface area (Å²) in [6, 6.07) is 6.17. The highest BCUT2D eigenvalue weighted by Crippen LogP contribution is 2.28. The second kappa shape index (κ2) is 8.28. The van der Waals surface area contributed by atoms with E-state index in [9.17, 15) is 0 Å². The van der Waals surface area contributed by atoms with Crippen LogP contribution in [0.5, 0.6) is 11.5 Å². The smallest absolute Gasteiger partial charge is 0.160 e. The van der Waals surface area contributed by atoms with Crippen LogP contribution in [0.25, 0.3) is 0 Å². The summed E-state index contributed by atoms with van der Waals surface area (Å²) >= 11 is 0. The van der Waals surface area contributed by atoms with Gasteiger partial charge in [-0.15, -0.1) is 0 Å². The molecule has 0 radical (unpaired) electrons. The first kappa shape index (κ1) is 16.2. The largest absolute Gasteiger partial charge is 0.493 e. The number of ether oxygens (including phenoxy) is 2. The fourth-order valence-corrected chi connectivity index (χ4v) is 3.11. The minimum atomic E-state index is 0.797. The first-order valence-electron chi connectivity index (χ1n) is 8.14. The van der Waals surface area contributed by atoms with Gasteiger partial charge in [0.15, 0.2) is 11.5 Å². The van der Waals surface area contributed by atoms with E-state index in [0.717, 1.165) is 36.3 Å². The Labute approximate surface area is 129 Å². The van der Waals surface area contributed by atoms with Crippen LogP contribution in [-0.2, 0) is 6.42 Å². The van der Waals surface area contributed by atoms with Gasteiger partial charge in [0.25, 0.3) is 0 Å². The molecule has 0 atom stereocenters. The molecule has 0 bridgehead atoms. The van der Waals surface area contributed by atoms with Gasteiger partial charge in [-0.3, -0.25) is 0 Å². The van der Waals surface area contributed by atoms with Crippen LogP contribution < -0.4 is 14.8 Å². The van der Waals surface area contributed by atoms with Gasteiger partial charge in [-0.25, -0.2) is 0 Å². The van der Waals surface area contributed by atoms with Gasteiger partial charge in [0.1, 0.15) is 0 Å². The molecule has 0 amide bonds. The van der Waals surface area contributed by atoms with Crippen molar-refractivity contribution in [3.8, 4) is 11.5 Å². The van der Waals surface area contributed by atoms with E-state index in [1.165, 1.54) is 37.8 Å². The molecule has 1 aromatic rings. The molecule has 3 nitrogen and oxygen atoms in total. The molecule has 0 heterocycles. The maximum Gasteiger partial charge on any atom is 0.160 e. The standard InChI is InChI=1S/C18H29NO2/c1-14-4-6-16(7-5-14)13-19-11-10-15-8-9-17(20-2)18(12-15)21-3/h8-9,12,14,16,19H,4-7,10-11,13H2,1-3H3. The Balaban J connectivity index is 1.71. The minimum absolute atomic E-state index is 0.797. The highest BCUT2D eigenvalue weighted by molar-refractivity contribution is 5.42. The van der Waals surface area contributed by atoms with Gasteiger partial charge >= 0.3 is 0 Å². The molecule has 1 fully saturated rings. The van der Waals surface area contributed by atoms with Crippen molar-refractivity contribution in [2.75, 3.05) is 27.3 Å². The second-order valence-corrected chi connectivity index (χ2v) is 6.27. The second-order valence-electron chi connectivity index (χ2n) is 6.27. The number of nitrogens with one attached hydrogen (secondary N) is 1. The van der Waals surface area contributed by atoms with Gasteiger partial charge < -0.3 is 14.8 Å². The van der Waals surface area contributed by atoms with Crippen molar-refractivity contribution >= 4 is 0 Å². The summed E-state index contributed by atoms with van der Waals surface area (Å²) in [6.45, 7) is 4.57. The molecule has 0 aromatic heterocycles.